The molecule has 2 aromatic rings. The predicted molar refractivity (Wildman–Crippen MR) is 132 cm³/mol. The van der Waals surface area contributed by atoms with Gasteiger partial charge in [-0.1, -0.05) is 19.1 Å². The lowest BCUT2D eigenvalue weighted by Crippen LogP contribution is -2.15. The van der Waals surface area contributed by atoms with Crippen molar-refractivity contribution in [3.05, 3.63) is 46.8 Å². The molecule has 0 saturated heterocycles. The summed E-state index contributed by atoms with van der Waals surface area (Å²) in [5.74, 6) is -1.77. The Balaban J connectivity index is 0.00000205. The molecule has 0 bridgehead atoms. The van der Waals surface area contributed by atoms with E-state index in [1.165, 1.54) is 43.3 Å². The highest BCUT2D eigenvalue weighted by atomic mass is 32.2. The van der Waals surface area contributed by atoms with Crippen molar-refractivity contribution in [3.8, 4) is 0 Å². The Morgan fingerprint density at radius 1 is 1.03 bits per heavy atom. The molecule has 1 heterocycles. The average molecular weight is 579 g/mol. The highest BCUT2D eigenvalue weighted by molar-refractivity contribution is 7.92. The Morgan fingerprint density at radius 2 is 1.67 bits per heavy atom. The van der Waals surface area contributed by atoms with Crippen LogP contribution in [0.2, 0.25) is 0 Å². The summed E-state index contributed by atoms with van der Waals surface area (Å²) < 4.78 is 72.9. The van der Waals surface area contributed by atoms with Gasteiger partial charge in [0.25, 0.3) is 0 Å². The third kappa shape index (κ3) is 10.6. The summed E-state index contributed by atoms with van der Waals surface area (Å²) in [6.07, 6.45) is 2.53. The highest BCUT2D eigenvalue weighted by Crippen LogP contribution is 2.23. The molecule has 1 aromatic heterocycles. The van der Waals surface area contributed by atoms with E-state index in [1.54, 1.807) is 0 Å². The number of thiophene rings is 1. The van der Waals surface area contributed by atoms with Crippen LogP contribution in [0.5, 0.6) is 0 Å². The van der Waals surface area contributed by atoms with Gasteiger partial charge in [0.05, 0.1) is 27.0 Å². The average Bonchev–Trinajstić information content (AvgIpc) is 3.28. The molecule has 0 spiro atoms. The lowest BCUT2D eigenvalue weighted by atomic mass is 10.1. The van der Waals surface area contributed by atoms with Crippen LogP contribution in [0, 0.1) is 5.92 Å². The molecule has 0 fully saturated rings. The maximum absolute atomic E-state index is 12.5. The zero-order valence-electron chi connectivity index (χ0n) is 19.6. The molecular weight excluding hydrogens is 553 g/mol. The van der Waals surface area contributed by atoms with Crippen molar-refractivity contribution < 1.29 is 44.4 Å². The summed E-state index contributed by atoms with van der Waals surface area (Å²) in [6, 6.07) is 8.51. The Morgan fingerprint density at radius 3 is 2.22 bits per heavy atom. The largest absolute Gasteiger partial charge is 0.373 e. The molecule has 36 heavy (non-hydrogen) atoms. The fraction of sp³-hybridized carbons (Fsp3) is 0.409. The molecule has 0 unspecified atom stereocenters. The van der Waals surface area contributed by atoms with E-state index in [1.807, 2.05) is 0 Å². The zero-order chi connectivity index (χ0) is 27.6. The van der Waals surface area contributed by atoms with Crippen LogP contribution in [0.4, 0.5) is 0 Å². The fourth-order valence-corrected chi connectivity index (χ4v) is 7.99. The number of benzene rings is 1. The van der Waals surface area contributed by atoms with Crippen molar-refractivity contribution in [2.45, 2.75) is 41.0 Å². The first-order chi connectivity index (χ1) is 16.6. The molecule has 0 radical (unpaired) electrons. The van der Waals surface area contributed by atoms with E-state index in [2.05, 4.69) is 0 Å². The maximum Gasteiger partial charge on any atom is 0.373 e. The second-order valence-electron chi connectivity index (χ2n) is 7.99. The summed E-state index contributed by atoms with van der Waals surface area (Å²) in [5, 5.41) is 0. The van der Waals surface area contributed by atoms with Crippen molar-refractivity contribution in [1.82, 2.24) is 0 Å². The van der Waals surface area contributed by atoms with Crippen molar-refractivity contribution >= 4 is 59.1 Å². The Bertz CT molecular complexity index is 1410. The summed E-state index contributed by atoms with van der Waals surface area (Å²) in [5.41, 5.74) is 0.331. The number of aldehydes is 1. The molecule has 0 aliphatic carbocycles. The van der Waals surface area contributed by atoms with Gasteiger partial charge in [0.15, 0.2) is 35.3 Å². The second kappa shape index (κ2) is 13.7. The number of hydrogen-bond donors (Lipinski definition) is 0. The minimum atomic E-state index is -3.71. The number of Topliss-reactive ketones (excluding diaryl/α,β-unsaturated/α-hetero) is 1. The molecule has 1 atom stereocenters. The lowest BCUT2D eigenvalue weighted by molar-refractivity contribution is -0.191. The van der Waals surface area contributed by atoms with Crippen molar-refractivity contribution in [2.75, 3.05) is 17.8 Å². The minimum Gasteiger partial charge on any atom is -0.303 e. The number of rotatable bonds is 13. The molecule has 0 aliphatic heterocycles. The fourth-order valence-electron chi connectivity index (χ4n) is 3.04. The summed E-state index contributed by atoms with van der Waals surface area (Å²) in [6.45, 7) is 1.49. The second-order valence-corrected chi connectivity index (χ2v) is 15.5. The van der Waals surface area contributed by atoms with Gasteiger partial charge in [-0.2, -0.15) is 9.59 Å². The quantitative estimate of drug-likeness (QED) is 0.195. The van der Waals surface area contributed by atoms with E-state index >= 15 is 0 Å². The highest BCUT2D eigenvalue weighted by Gasteiger charge is 2.20. The van der Waals surface area contributed by atoms with E-state index in [9.17, 15) is 34.8 Å². The molecule has 0 amide bonds. The summed E-state index contributed by atoms with van der Waals surface area (Å²) in [4.78, 5) is 39.5. The van der Waals surface area contributed by atoms with Gasteiger partial charge >= 0.3 is 6.15 Å². The standard InChI is InChI=1S/C21H26O8S4.CO2/c1-16(13-22)14-33(28,29)18-7-5-6-17(12-18)15-32(26,27)11-4-3-8-19(23)20-9-10-21(30-20)31(2,24)25;2-1-3/h5-7,9-10,12-13,16H,3-4,8,11,14-15H2,1-2H3;/t16-;/m0./s1. The van der Waals surface area contributed by atoms with Gasteiger partial charge in [-0.15, -0.1) is 11.3 Å². The van der Waals surface area contributed by atoms with E-state index in [4.69, 9.17) is 9.59 Å². The molecule has 0 saturated carbocycles. The first-order valence-electron chi connectivity index (χ1n) is 10.4. The van der Waals surface area contributed by atoms with Crippen molar-refractivity contribution in [2.24, 2.45) is 5.92 Å². The smallest absolute Gasteiger partial charge is 0.303 e. The minimum absolute atomic E-state index is 0.0288. The third-order valence-electron chi connectivity index (χ3n) is 4.69. The maximum atomic E-state index is 12.5. The van der Waals surface area contributed by atoms with Crippen LogP contribution in [0.1, 0.15) is 41.4 Å². The van der Waals surface area contributed by atoms with E-state index < -0.39 is 35.4 Å². The number of sulfone groups is 3. The van der Waals surface area contributed by atoms with Crippen LogP contribution in [0.3, 0.4) is 0 Å². The van der Waals surface area contributed by atoms with Crippen LogP contribution >= 0.6 is 11.3 Å². The molecule has 0 aliphatic rings. The molecule has 1 aromatic carbocycles. The van der Waals surface area contributed by atoms with Gasteiger partial charge in [-0.3, -0.25) is 4.79 Å². The lowest BCUT2D eigenvalue weighted by Gasteiger charge is -2.09. The van der Waals surface area contributed by atoms with E-state index in [0.717, 1.165) is 17.6 Å². The third-order valence-corrected chi connectivity index (χ3v) is 11.3. The molecule has 2 rings (SSSR count). The molecular formula is C22H26O10S4. The number of hydrogen-bond acceptors (Lipinski definition) is 11. The summed E-state index contributed by atoms with van der Waals surface area (Å²) >= 11 is 0.897. The number of ketones is 1. The van der Waals surface area contributed by atoms with Crippen LogP contribution in [-0.2, 0) is 49.6 Å². The van der Waals surface area contributed by atoms with Crippen LogP contribution in [0.15, 0.2) is 45.5 Å². The van der Waals surface area contributed by atoms with E-state index in [0.29, 0.717) is 23.1 Å². The number of unbranched alkanes of at least 4 members (excludes halogenated alkanes) is 1. The Kier molecular flexibility index (Phi) is 12.0. The Labute approximate surface area is 214 Å². The topological polar surface area (TPSA) is 171 Å². The van der Waals surface area contributed by atoms with Gasteiger partial charge in [0.2, 0.25) is 0 Å². The van der Waals surface area contributed by atoms with Crippen LogP contribution in [0.25, 0.3) is 0 Å². The van der Waals surface area contributed by atoms with Crippen LogP contribution in [-0.4, -0.2) is 61.2 Å². The molecule has 0 N–H and O–H groups in total. The van der Waals surface area contributed by atoms with Crippen LogP contribution < -0.4 is 0 Å². The van der Waals surface area contributed by atoms with Gasteiger partial charge in [-0.05, 0) is 42.7 Å². The van der Waals surface area contributed by atoms with Gasteiger partial charge < -0.3 is 4.79 Å². The van der Waals surface area contributed by atoms with Crippen molar-refractivity contribution in [3.63, 3.8) is 0 Å². The predicted octanol–water partition coefficient (Wildman–Crippen LogP) is 2.14. The summed E-state index contributed by atoms with van der Waals surface area (Å²) in [7, 11) is -10.6. The number of carbonyl (C=O) groups is 2. The van der Waals surface area contributed by atoms with E-state index in [-0.39, 0.29) is 51.1 Å². The SMILES string of the molecule is C[C@@H](C=O)CS(=O)(=O)c1cccc(CS(=O)(=O)CCCCC(=O)c2ccc(S(C)(=O)=O)s2)c1.O=C=O. The normalized spacial score (nSPS) is 12.6. The monoisotopic (exact) mass is 578 g/mol. The Hall–Kier alpha value is -2.51. The first kappa shape index (κ1) is 31.5. The van der Waals surface area contributed by atoms with Gasteiger partial charge in [-0.25, -0.2) is 25.3 Å². The molecule has 14 heteroatoms. The molecule has 10 nitrogen and oxygen atoms in total. The molecule has 198 valence electrons. The van der Waals surface area contributed by atoms with Gasteiger partial charge in [0, 0.05) is 18.6 Å². The zero-order valence-corrected chi connectivity index (χ0v) is 22.8. The van der Waals surface area contributed by atoms with Gasteiger partial charge in [0.1, 0.15) is 10.5 Å². The van der Waals surface area contributed by atoms with Crippen molar-refractivity contribution in [1.29, 1.82) is 0 Å². The first-order valence-corrected chi connectivity index (χ1v) is 16.6. The number of carbonyl (C=O) groups excluding carboxylic acids is 4.